The van der Waals surface area contributed by atoms with Crippen LogP contribution in [0.25, 0.3) is 11.2 Å². The van der Waals surface area contributed by atoms with Crippen molar-refractivity contribution in [3.63, 3.8) is 0 Å². The maximum absolute atomic E-state index is 12.6. The molecule has 0 spiro atoms. The van der Waals surface area contributed by atoms with Gasteiger partial charge >= 0.3 is 0 Å². The quantitative estimate of drug-likeness (QED) is 0.592. The predicted molar refractivity (Wildman–Crippen MR) is 116 cm³/mol. The predicted octanol–water partition coefficient (Wildman–Crippen LogP) is 1.02. The van der Waals surface area contributed by atoms with Gasteiger partial charge < -0.3 is 19.7 Å². The molecule has 4 rings (SSSR count). The molecule has 0 unspecified atom stereocenters. The molecule has 164 valence electrons. The van der Waals surface area contributed by atoms with Crippen LogP contribution in [0.3, 0.4) is 0 Å². The topological polar surface area (TPSA) is 111 Å². The first-order valence-electron chi connectivity index (χ1n) is 10.2. The van der Waals surface area contributed by atoms with Crippen molar-refractivity contribution in [3.05, 3.63) is 24.5 Å². The fourth-order valence-corrected chi connectivity index (χ4v) is 3.64. The van der Waals surface area contributed by atoms with Crippen LogP contribution in [0.2, 0.25) is 0 Å². The van der Waals surface area contributed by atoms with E-state index in [1.165, 1.54) is 0 Å². The number of rotatable bonds is 7. The van der Waals surface area contributed by atoms with E-state index in [2.05, 4.69) is 35.4 Å². The van der Waals surface area contributed by atoms with Crippen molar-refractivity contribution >= 4 is 28.6 Å². The minimum absolute atomic E-state index is 0.0905. The van der Waals surface area contributed by atoms with E-state index in [1.54, 1.807) is 43.4 Å². The van der Waals surface area contributed by atoms with Crippen molar-refractivity contribution in [2.24, 2.45) is 0 Å². The number of nitrogens with zero attached hydrogens (tertiary/aromatic N) is 7. The minimum Gasteiger partial charge on any atom is -0.497 e. The van der Waals surface area contributed by atoms with E-state index in [4.69, 9.17) is 9.47 Å². The monoisotopic (exact) mass is 426 g/mol. The van der Waals surface area contributed by atoms with Crippen LogP contribution in [-0.2, 0) is 11.3 Å². The molecule has 2 aromatic heterocycles. The van der Waals surface area contributed by atoms with E-state index >= 15 is 0 Å². The average Bonchev–Trinajstić information content (AvgIpc) is 3.23. The van der Waals surface area contributed by atoms with Crippen molar-refractivity contribution < 1.29 is 14.3 Å². The lowest BCUT2D eigenvalue weighted by molar-refractivity contribution is -0.117. The molecule has 11 nitrogen and oxygen atoms in total. The highest BCUT2D eigenvalue weighted by molar-refractivity contribution is 5.93. The van der Waals surface area contributed by atoms with Gasteiger partial charge in [0.25, 0.3) is 0 Å². The summed E-state index contributed by atoms with van der Waals surface area (Å²) in [7, 11) is 3.15. The summed E-state index contributed by atoms with van der Waals surface area (Å²) in [5.74, 6) is 1.93. The summed E-state index contributed by atoms with van der Waals surface area (Å²) >= 11 is 0. The highest BCUT2D eigenvalue weighted by atomic mass is 16.5. The maximum atomic E-state index is 12.6. The van der Waals surface area contributed by atoms with E-state index in [-0.39, 0.29) is 5.91 Å². The summed E-state index contributed by atoms with van der Waals surface area (Å²) in [6.07, 6.45) is 1.55. The molecule has 0 aliphatic carbocycles. The van der Waals surface area contributed by atoms with Crippen LogP contribution < -0.4 is 19.7 Å². The third-order valence-electron chi connectivity index (χ3n) is 5.30. The Morgan fingerprint density at radius 1 is 1.13 bits per heavy atom. The van der Waals surface area contributed by atoms with Crippen LogP contribution in [0.1, 0.15) is 6.92 Å². The molecular weight excluding hydrogens is 400 g/mol. The van der Waals surface area contributed by atoms with Gasteiger partial charge in [0.2, 0.25) is 5.91 Å². The molecule has 1 fully saturated rings. The second-order valence-corrected chi connectivity index (χ2v) is 7.15. The number of hydrogen-bond donors (Lipinski definition) is 1. The van der Waals surface area contributed by atoms with Crippen molar-refractivity contribution in [1.29, 1.82) is 0 Å². The van der Waals surface area contributed by atoms with E-state index in [0.717, 1.165) is 37.6 Å². The fourth-order valence-electron chi connectivity index (χ4n) is 3.64. The summed E-state index contributed by atoms with van der Waals surface area (Å²) in [4.78, 5) is 25.6. The van der Waals surface area contributed by atoms with Gasteiger partial charge in [0.05, 0.1) is 26.5 Å². The Hall–Kier alpha value is -3.47. The van der Waals surface area contributed by atoms with Gasteiger partial charge in [0.15, 0.2) is 17.0 Å². The molecule has 1 aromatic carbocycles. The molecular formula is C20H26N8O3. The third kappa shape index (κ3) is 4.36. The van der Waals surface area contributed by atoms with E-state index in [9.17, 15) is 4.79 Å². The second kappa shape index (κ2) is 9.13. The molecule has 0 bridgehead atoms. The summed E-state index contributed by atoms with van der Waals surface area (Å²) in [6, 6.07) is 5.30. The smallest absolute Gasteiger partial charge is 0.238 e. The highest BCUT2D eigenvalue weighted by Crippen LogP contribution is 2.29. The van der Waals surface area contributed by atoms with Crippen LogP contribution in [0.5, 0.6) is 11.5 Å². The molecule has 1 aliphatic heterocycles. The normalized spacial score (nSPS) is 14.6. The Kier molecular flexibility index (Phi) is 6.12. The molecule has 3 heterocycles. The minimum atomic E-state index is -0.0905. The van der Waals surface area contributed by atoms with Crippen LogP contribution in [0.4, 0.5) is 11.5 Å². The zero-order valence-corrected chi connectivity index (χ0v) is 17.9. The Labute approximate surface area is 180 Å². The molecule has 11 heteroatoms. The van der Waals surface area contributed by atoms with Crippen LogP contribution in [0.15, 0.2) is 24.5 Å². The largest absolute Gasteiger partial charge is 0.497 e. The third-order valence-corrected chi connectivity index (χ3v) is 5.30. The lowest BCUT2D eigenvalue weighted by Crippen LogP contribution is -2.49. The number of benzene rings is 1. The number of carbonyl (C=O) groups excluding carboxylic acids is 1. The van der Waals surface area contributed by atoms with Gasteiger partial charge in [-0.15, -0.1) is 5.10 Å². The second-order valence-electron chi connectivity index (χ2n) is 7.15. The first-order valence-corrected chi connectivity index (χ1v) is 10.2. The molecule has 1 amide bonds. The first-order chi connectivity index (χ1) is 15.1. The van der Waals surface area contributed by atoms with Crippen LogP contribution >= 0.6 is 0 Å². The van der Waals surface area contributed by atoms with Gasteiger partial charge in [-0.2, -0.15) is 0 Å². The molecule has 1 saturated heterocycles. The van der Waals surface area contributed by atoms with E-state index in [1.807, 2.05) is 6.92 Å². The fraction of sp³-hybridized carbons (Fsp3) is 0.450. The van der Waals surface area contributed by atoms with Crippen molar-refractivity contribution in [1.82, 2.24) is 29.9 Å². The number of methoxy groups -OCH3 is 2. The van der Waals surface area contributed by atoms with Gasteiger partial charge in [-0.3, -0.25) is 9.69 Å². The SMILES string of the molecule is CCn1nnc2c(N3CCN(CC(=O)Nc4ccc(OC)cc4OC)CC3)ncnc21. The number of fused-ring (bicyclic) bond motifs is 1. The number of ether oxygens (including phenoxy) is 2. The number of hydrogen-bond acceptors (Lipinski definition) is 9. The molecule has 1 aliphatic rings. The standard InChI is InChI=1S/C20H26N8O3/c1-4-28-20-18(24-25-28)19(21-13-22-20)27-9-7-26(8-10-27)12-17(29)23-15-6-5-14(30-2)11-16(15)31-3/h5-6,11,13H,4,7-10,12H2,1-3H3,(H,23,29). The first kappa shape index (κ1) is 20.8. The summed E-state index contributed by atoms with van der Waals surface area (Å²) < 4.78 is 12.3. The van der Waals surface area contributed by atoms with Gasteiger partial charge in [-0.05, 0) is 19.1 Å². The summed E-state index contributed by atoms with van der Waals surface area (Å²) in [6.45, 7) is 5.96. The highest BCUT2D eigenvalue weighted by Gasteiger charge is 2.23. The lowest BCUT2D eigenvalue weighted by Gasteiger charge is -2.34. The van der Waals surface area contributed by atoms with E-state index < -0.39 is 0 Å². The average molecular weight is 426 g/mol. The molecule has 0 atom stereocenters. The van der Waals surface area contributed by atoms with E-state index in [0.29, 0.717) is 35.8 Å². The van der Waals surface area contributed by atoms with Gasteiger partial charge in [0.1, 0.15) is 17.8 Å². The Morgan fingerprint density at radius 2 is 1.94 bits per heavy atom. The zero-order valence-electron chi connectivity index (χ0n) is 17.9. The van der Waals surface area contributed by atoms with Crippen LogP contribution in [-0.4, -0.2) is 82.7 Å². The van der Waals surface area contributed by atoms with Crippen molar-refractivity contribution in [2.45, 2.75) is 13.5 Å². The number of aryl methyl sites for hydroxylation is 1. The number of nitrogens with one attached hydrogen (secondary N) is 1. The zero-order chi connectivity index (χ0) is 21.8. The van der Waals surface area contributed by atoms with Gasteiger partial charge in [-0.1, -0.05) is 5.21 Å². The molecule has 31 heavy (non-hydrogen) atoms. The molecule has 0 saturated carbocycles. The molecule has 1 N–H and O–H groups in total. The lowest BCUT2D eigenvalue weighted by atomic mass is 10.2. The van der Waals surface area contributed by atoms with Gasteiger partial charge in [0, 0.05) is 38.8 Å². The summed E-state index contributed by atoms with van der Waals surface area (Å²) in [5, 5.41) is 11.3. The number of anilines is 2. The van der Waals surface area contributed by atoms with Crippen molar-refractivity contribution in [2.75, 3.05) is 57.2 Å². The molecule has 0 radical (unpaired) electrons. The number of aromatic nitrogens is 5. The van der Waals surface area contributed by atoms with Crippen LogP contribution in [0, 0.1) is 0 Å². The Balaban J connectivity index is 1.36. The number of amides is 1. The Morgan fingerprint density at radius 3 is 2.65 bits per heavy atom. The van der Waals surface area contributed by atoms with Crippen molar-refractivity contribution in [3.8, 4) is 11.5 Å². The summed E-state index contributed by atoms with van der Waals surface area (Å²) in [5.41, 5.74) is 2.07. The maximum Gasteiger partial charge on any atom is 0.238 e. The number of carbonyl (C=O) groups is 1. The number of piperazine rings is 1. The van der Waals surface area contributed by atoms with Gasteiger partial charge in [-0.25, -0.2) is 14.6 Å². The Bertz CT molecular complexity index is 1060. The molecule has 3 aromatic rings.